The van der Waals surface area contributed by atoms with Crippen molar-refractivity contribution in [2.24, 2.45) is 0 Å². The minimum absolute atomic E-state index is 0.00907. The first-order valence-corrected chi connectivity index (χ1v) is 10.4. The predicted octanol–water partition coefficient (Wildman–Crippen LogP) is 1.58. The highest BCUT2D eigenvalue weighted by molar-refractivity contribution is 5.90. The van der Waals surface area contributed by atoms with Gasteiger partial charge in [0, 0.05) is 38.8 Å². The molecule has 2 aliphatic rings. The molecule has 0 radical (unpaired) electrons. The number of nitrogens with one attached hydrogen (secondary N) is 2. The number of hydrogen-bond acceptors (Lipinski definition) is 6. The van der Waals surface area contributed by atoms with Gasteiger partial charge < -0.3 is 20.3 Å². The molecule has 2 aliphatic heterocycles. The monoisotopic (exact) mass is 422 g/mol. The molecule has 2 N–H and O–H groups in total. The van der Waals surface area contributed by atoms with Crippen LogP contribution in [0.4, 0.5) is 16.2 Å². The second-order valence-electron chi connectivity index (χ2n) is 7.71. The van der Waals surface area contributed by atoms with Crippen molar-refractivity contribution < 1.29 is 14.3 Å². The van der Waals surface area contributed by atoms with Gasteiger partial charge in [-0.05, 0) is 35.4 Å². The molecule has 1 atom stereocenters. The molecular weight excluding hydrogens is 396 g/mol. The molecule has 2 saturated heterocycles. The van der Waals surface area contributed by atoms with Crippen molar-refractivity contribution >= 4 is 23.4 Å². The summed E-state index contributed by atoms with van der Waals surface area (Å²) in [4.78, 5) is 39.5. The molecule has 0 bridgehead atoms. The zero-order valence-corrected chi connectivity index (χ0v) is 17.5. The number of rotatable bonds is 5. The van der Waals surface area contributed by atoms with Crippen LogP contribution in [0.1, 0.15) is 6.92 Å². The van der Waals surface area contributed by atoms with Crippen molar-refractivity contribution in [3.8, 4) is 11.1 Å². The van der Waals surface area contributed by atoms with Gasteiger partial charge in [-0.2, -0.15) is 0 Å². The Hall–Kier alpha value is -3.39. The lowest BCUT2D eigenvalue weighted by Gasteiger charge is -2.28. The van der Waals surface area contributed by atoms with Crippen LogP contribution in [0.15, 0.2) is 53.3 Å². The zero-order chi connectivity index (χ0) is 21.8. The molecule has 8 heteroatoms. The fourth-order valence-corrected chi connectivity index (χ4v) is 3.85. The number of anilines is 2. The van der Waals surface area contributed by atoms with E-state index in [1.54, 1.807) is 11.0 Å². The summed E-state index contributed by atoms with van der Waals surface area (Å²) in [5.74, 6) is -0.156. The summed E-state index contributed by atoms with van der Waals surface area (Å²) in [5.41, 5.74) is 3.33. The summed E-state index contributed by atoms with van der Waals surface area (Å²) in [6, 6.07) is 14.9. The first kappa shape index (κ1) is 20.9. The standard InChI is InChI=1S/C23H26N4O4/c1-16(28)25-14-20-15-27(23(30)31-20)19-6-2-17(3-7-19)18-4-8-21(22(29)9-5-18)26-12-10-24-11-13-26/h2-9,20,24H,10-15H2,1H3,(H,25,28). The number of hydrogen-bond donors (Lipinski definition) is 2. The van der Waals surface area contributed by atoms with Crippen molar-refractivity contribution in [3.63, 3.8) is 0 Å². The molecule has 2 heterocycles. The summed E-state index contributed by atoms with van der Waals surface area (Å²) >= 11 is 0. The van der Waals surface area contributed by atoms with E-state index in [-0.39, 0.29) is 17.4 Å². The Morgan fingerprint density at radius 3 is 2.35 bits per heavy atom. The van der Waals surface area contributed by atoms with E-state index in [2.05, 4.69) is 15.5 Å². The van der Waals surface area contributed by atoms with Crippen molar-refractivity contribution in [2.45, 2.75) is 13.0 Å². The average Bonchev–Trinajstić information content (AvgIpc) is 3.04. The van der Waals surface area contributed by atoms with E-state index in [9.17, 15) is 14.4 Å². The predicted molar refractivity (Wildman–Crippen MR) is 120 cm³/mol. The summed E-state index contributed by atoms with van der Waals surface area (Å²) in [7, 11) is 0. The third kappa shape index (κ3) is 4.86. The first-order valence-electron chi connectivity index (χ1n) is 10.4. The molecule has 0 aromatic heterocycles. The van der Waals surface area contributed by atoms with E-state index < -0.39 is 6.09 Å². The molecule has 8 nitrogen and oxygen atoms in total. The van der Waals surface area contributed by atoms with E-state index >= 15 is 0 Å². The minimum Gasteiger partial charge on any atom is -0.442 e. The Morgan fingerprint density at radius 2 is 1.68 bits per heavy atom. The van der Waals surface area contributed by atoms with E-state index in [0.29, 0.717) is 13.1 Å². The molecule has 2 amide bonds. The Morgan fingerprint density at radius 1 is 1.03 bits per heavy atom. The Labute approximate surface area is 180 Å². The fourth-order valence-electron chi connectivity index (χ4n) is 3.85. The maximum absolute atomic E-state index is 12.5. The van der Waals surface area contributed by atoms with Gasteiger partial charge in [-0.1, -0.05) is 24.3 Å². The van der Waals surface area contributed by atoms with Crippen LogP contribution < -0.4 is 25.9 Å². The van der Waals surface area contributed by atoms with Crippen molar-refractivity contribution in [1.82, 2.24) is 10.6 Å². The SMILES string of the molecule is CC(=O)NCC1CN(c2ccc(-c3ccc(N4CCNCC4)c(=O)cc3)cc2)C(=O)O1. The van der Waals surface area contributed by atoms with Crippen molar-refractivity contribution in [1.29, 1.82) is 0 Å². The van der Waals surface area contributed by atoms with Crippen LogP contribution in [0, 0.1) is 0 Å². The number of piperazine rings is 1. The van der Waals surface area contributed by atoms with E-state index in [4.69, 9.17) is 4.74 Å². The quantitative estimate of drug-likeness (QED) is 0.761. The van der Waals surface area contributed by atoms with Gasteiger partial charge in [0.05, 0.1) is 18.8 Å². The van der Waals surface area contributed by atoms with Crippen LogP contribution in [0.25, 0.3) is 11.1 Å². The third-order valence-electron chi connectivity index (χ3n) is 5.51. The number of ether oxygens (including phenoxy) is 1. The summed E-state index contributed by atoms with van der Waals surface area (Å²) in [6.45, 7) is 5.49. The van der Waals surface area contributed by atoms with Gasteiger partial charge in [0.2, 0.25) is 11.3 Å². The van der Waals surface area contributed by atoms with Gasteiger partial charge in [0.15, 0.2) is 0 Å². The maximum Gasteiger partial charge on any atom is 0.414 e. The van der Waals surface area contributed by atoms with Crippen LogP contribution in [-0.4, -0.2) is 57.4 Å². The topological polar surface area (TPSA) is 91.0 Å². The van der Waals surface area contributed by atoms with Gasteiger partial charge in [0.25, 0.3) is 0 Å². The number of cyclic esters (lactones) is 1. The molecular formula is C23H26N4O4. The minimum atomic E-state index is -0.425. The fraction of sp³-hybridized carbons (Fsp3) is 0.348. The van der Waals surface area contributed by atoms with Crippen LogP contribution in [0.5, 0.6) is 0 Å². The molecule has 0 aliphatic carbocycles. The van der Waals surface area contributed by atoms with E-state index in [1.165, 1.54) is 6.92 Å². The summed E-state index contributed by atoms with van der Waals surface area (Å²) in [5, 5.41) is 5.97. The zero-order valence-electron chi connectivity index (χ0n) is 17.5. The molecule has 162 valence electrons. The Bertz CT molecular complexity index is 1020. The molecule has 2 fully saturated rings. The van der Waals surface area contributed by atoms with E-state index in [1.807, 2.05) is 42.5 Å². The number of benzene rings is 1. The molecule has 1 unspecified atom stereocenters. The van der Waals surface area contributed by atoms with Crippen LogP contribution in [0.2, 0.25) is 0 Å². The molecule has 0 spiro atoms. The van der Waals surface area contributed by atoms with E-state index in [0.717, 1.165) is 48.7 Å². The molecule has 31 heavy (non-hydrogen) atoms. The number of carbonyl (C=O) groups excluding carboxylic acids is 2. The number of nitrogens with zero attached hydrogens (tertiary/aromatic N) is 2. The molecule has 2 aromatic rings. The molecule has 2 aromatic carbocycles. The van der Waals surface area contributed by atoms with Gasteiger partial charge in [-0.3, -0.25) is 14.5 Å². The van der Waals surface area contributed by atoms with Gasteiger partial charge in [0.1, 0.15) is 6.10 Å². The highest BCUT2D eigenvalue weighted by atomic mass is 16.6. The first-order chi connectivity index (χ1) is 15.0. The largest absolute Gasteiger partial charge is 0.442 e. The van der Waals surface area contributed by atoms with Crippen molar-refractivity contribution in [2.75, 3.05) is 49.1 Å². The average molecular weight is 422 g/mol. The second kappa shape index (κ2) is 9.18. The highest BCUT2D eigenvalue weighted by Crippen LogP contribution is 2.26. The highest BCUT2D eigenvalue weighted by Gasteiger charge is 2.32. The lowest BCUT2D eigenvalue weighted by molar-refractivity contribution is -0.119. The molecule has 4 rings (SSSR count). The van der Waals surface area contributed by atoms with Gasteiger partial charge in [-0.15, -0.1) is 0 Å². The summed E-state index contributed by atoms with van der Waals surface area (Å²) in [6.07, 6.45) is -0.797. The Kier molecular flexibility index (Phi) is 6.18. The van der Waals surface area contributed by atoms with Gasteiger partial charge >= 0.3 is 6.09 Å². The number of amides is 2. The Balaban J connectivity index is 1.49. The smallest absolute Gasteiger partial charge is 0.414 e. The molecule has 0 saturated carbocycles. The van der Waals surface area contributed by atoms with Crippen molar-refractivity contribution in [3.05, 3.63) is 58.8 Å². The second-order valence-corrected chi connectivity index (χ2v) is 7.71. The maximum atomic E-state index is 12.5. The normalized spacial score (nSPS) is 18.6. The number of carbonyl (C=O) groups is 2. The lowest BCUT2D eigenvalue weighted by Crippen LogP contribution is -2.44. The van der Waals surface area contributed by atoms with Gasteiger partial charge in [-0.25, -0.2) is 4.79 Å². The summed E-state index contributed by atoms with van der Waals surface area (Å²) < 4.78 is 5.32. The lowest BCUT2D eigenvalue weighted by atomic mass is 10.1. The van der Waals surface area contributed by atoms with Crippen LogP contribution in [-0.2, 0) is 9.53 Å². The van der Waals surface area contributed by atoms with Crippen LogP contribution in [0.3, 0.4) is 0 Å². The van der Waals surface area contributed by atoms with Crippen LogP contribution >= 0.6 is 0 Å². The third-order valence-corrected chi connectivity index (χ3v) is 5.51.